The van der Waals surface area contributed by atoms with Crippen LogP contribution in [0.25, 0.3) is 11.2 Å². The lowest BCUT2D eigenvalue weighted by Gasteiger charge is -2.31. The van der Waals surface area contributed by atoms with Crippen molar-refractivity contribution in [3.63, 3.8) is 0 Å². The molecule has 2 atom stereocenters. The van der Waals surface area contributed by atoms with Gasteiger partial charge in [-0.3, -0.25) is 0 Å². The summed E-state index contributed by atoms with van der Waals surface area (Å²) in [4.78, 5) is 17.4. The van der Waals surface area contributed by atoms with Crippen molar-refractivity contribution in [3.05, 3.63) is 46.0 Å². The van der Waals surface area contributed by atoms with Crippen LogP contribution in [-0.2, 0) is 6.54 Å². The van der Waals surface area contributed by atoms with Crippen molar-refractivity contribution in [2.75, 3.05) is 5.32 Å². The maximum Gasteiger partial charge on any atom is 0.183 e. The molecule has 2 aliphatic carbocycles. The highest BCUT2D eigenvalue weighted by atomic mass is 35.5. The van der Waals surface area contributed by atoms with Crippen molar-refractivity contribution in [2.24, 2.45) is 5.73 Å². The molecule has 2 aromatic heterocycles. The van der Waals surface area contributed by atoms with Crippen molar-refractivity contribution in [3.8, 4) is 0 Å². The van der Waals surface area contributed by atoms with Crippen LogP contribution in [0.2, 0.25) is 10.0 Å². The molecule has 0 saturated heterocycles. The van der Waals surface area contributed by atoms with Gasteiger partial charge in [0.15, 0.2) is 11.5 Å². The number of benzene rings is 1. The average Bonchev–Trinajstić information content (AvgIpc) is 3.44. The maximum absolute atomic E-state index is 6.35. The van der Waals surface area contributed by atoms with E-state index in [0.29, 0.717) is 40.4 Å². The quantitative estimate of drug-likeness (QED) is 0.320. The number of H-pyrrole nitrogens is 1. The van der Waals surface area contributed by atoms with Crippen LogP contribution in [0.15, 0.2) is 24.5 Å². The Hall–Kier alpha value is -1.35. The summed E-state index contributed by atoms with van der Waals surface area (Å²) in [6.45, 7) is 0.537. The van der Waals surface area contributed by atoms with Crippen LogP contribution in [0.4, 0.5) is 5.82 Å². The van der Waals surface area contributed by atoms with Gasteiger partial charge in [0.05, 0.1) is 6.33 Å². The molecular weight excluding hydrogens is 516 g/mol. The number of hydrogen-bond donors (Lipinski definition) is 4. The van der Waals surface area contributed by atoms with Gasteiger partial charge in [0.25, 0.3) is 0 Å². The van der Waals surface area contributed by atoms with Crippen LogP contribution in [0, 0.1) is 0 Å². The number of hydrogen-bond acceptors (Lipinski definition) is 6. The summed E-state index contributed by atoms with van der Waals surface area (Å²) in [6, 6.07) is 6.82. The van der Waals surface area contributed by atoms with Gasteiger partial charge in [0.2, 0.25) is 0 Å². The van der Waals surface area contributed by atoms with E-state index in [1.54, 1.807) is 12.4 Å². The summed E-state index contributed by atoms with van der Waals surface area (Å²) in [5.41, 5.74) is 8.55. The number of nitrogens with one attached hydrogen (secondary N) is 3. The number of aromatic amines is 1. The Morgan fingerprint density at radius 3 is 2.59 bits per heavy atom. The molecule has 34 heavy (non-hydrogen) atoms. The second-order valence-electron chi connectivity index (χ2n) is 9.04. The summed E-state index contributed by atoms with van der Waals surface area (Å²) >= 11 is 12.4. The SMILES string of the molecule is Cl.Cl.NC1CCC(NC2CCCC2c2nc(NCc3ccc(Cl)cc3Cl)c3[nH]cnc3n2)CC1. The van der Waals surface area contributed by atoms with Crippen molar-refractivity contribution in [2.45, 2.75) is 75.5 Å². The first kappa shape index (κ1) is 27.2. The molecule has 2 saturated carbocycles. The third-order valence-corrected chi connectivity index (χ3v) is 7.42. The van der Waals surface area contributed by atoms with Gasteiger partial charge >= 0.3 is 0 Å². The molecule has 0 spiro atoms. The number of anilines is 1. The molecular formula is C23H31Cl4N7. The van der Waals surface area contributed by atoms with Crippen molar-refractivity contribution in [1.82, 2.24) is 25.3 Å². The Kier molecular flexibility index (Phi) is 9.66. The van der Waals surface area contributed by atoms with Gasteiger partial charge in [-0.05, 0) is 56.2 Å². The molecule has 0 bridgehead atoms. The molecule has 11 heteroatoms. The van der Waals surface area contributed by atoms with Crippen molar-refractivity contribution < 1.29 is 0 Å². The number of nitrogens with two attached hydrogens (primary N) is 1. The Morgan fingerprint density at radius 2 is 1.82 bits per heavy atom. The van der Waals surface area contributed by atoms with Gasteiger partial charge in [-0.15, -0.1) is 24.8 Å². The van der Waals surface area contributed by atoms with E-state index in [1.165, 1.54) is 6.42 Å². The Labute approximate surface area is 222 Å². The predicted molar refractivity (Wildman–Crippen MR) is 144 cm³/mol. The number of fused-ring (bicyclic) bond motifs is 1. The van der Waals surface area contributed by atoms with Crippen LogP contribution in [-0.4, -0.2) is 38.1 Å². The molecule has 2 unspecified atom stereocenters. The molecule has 5 N–H and O–H groups in total. The van der Waals surface area contributed by atoms with E-state index in [2.05, 4.69) is 20.6 Å². The van der Waals surface area contributed by atoms with Gasteiger partial charge in [-0.1, -0.05) is 35.7 Å². The molecule has 2 heterocycles. The minimum atomic E-state index is 0. The van der Waals surface area contributed by atoms with Crippen LogP contribution in [0.3, 0.4) is 0 Å². The monoisotopic (exact) mass is 545 g/mol. The summed E-state index contributed by atoms with van der Waals surface area (Å²) in [5, 5.41) is 8.59. The molecule has 0 aliphatic heterocycles. The number of nitrogens with zero attached hydrogens (tertiary/aromatic N) is 3. The van der Waals surface area contributed by atoms with Crippen LogP contribution in [0.5, 0.6) is 0 Å². The first-order valence-corrected chi connectivity index (χ1v) is 12.2. The average molecular weight is 547 g/mol. The number of halogens is 4. The second-order valence-corrected chi connectivity index (χ2v) is 9.89. The molecule has 5 rings (SSSR count). The minimum absolute atomic E-state index is 0. The zero-order chi connectivity index (χ0) is 22.1. The fourth-order valence-corrected chi connectivity index (χ4v) is 5.52. The fourth-order valence-electron chi connectivity index (χ4n) is 5.04. The zero-order valence-electron chi connectivity index (χ0n) is 18.8. The van der Waals surface area contributed by atoms with Gasteiger partial charge in [0, 0.05) is 40.6 Å². The standard InChI is InChI=1S/C23H29Cl2N7.2ClH/c24-14-5-4-13(18(25)10-14)11-27-22-20-23(29-12-28-20)32-21(31-22)17-2-1-3-19(17)30-16-8-6-15(26)7-9-16;;/h4-5,10,12,15-17,19,30H,1-3,6-9,11,26H2,(H2,27,28,29,31,32);2*1H. The lowest BCUT2D eigenvalue weighted by atomic mass is 9.90. The van der Waals surface area contributed by atoms with E-state index in [9.17, 15) is 0 Å². The van der Waals surface area contributed by atoms with E-state index < -0.39 is 0 Å². The van der Waals surface area contributed by atoms with E-state index in [0.717, 1.165) is 61.2 Å². The van der Waals surface area contributed by atoms with E-state index in [4.69, 9.17) is 38.9 Å². The highest BCUT2D eigenvalue weighted by Crippen LogP contribution is 2.35. The summed E-state index contributed by atoms with van der Waals surface area (Å²) < 4.78 is 0. The van der Waals surface area contributed by atoms with E-state index in [1.807, 2.05) is 12.1 Å². The second kappa shape index (κ2) is 12.1. The third-order valence-electron chi connectivity index (χ3n) is 6.83. The number of imidazole rings is 1. The van der Waals surface area contributed by atoms with Gasteiger partial charge < -0.3 is 21.4 Å². The predicted octanol–water partition coefficient (Wildman–Crippen LogP) is 5.61. The van der Waals surface area contributed by atoms with Gasteiger partial charge in [-0.25, -0.2) is 15.0 Å². The summed E-state index contributed by atoms with van der Waals surface area (Å²) in [7, 11) is 0. The molecule has 1 aromatic carbocycles. The third kappa shape index (κ3) is 6.07. The summed E-state index contributed by atoms with van der Waals surface area (Å²) in [5.74, 6) is 1.89. The first-order chi connectivity index (χ1) is 15.6. The van der Waals surface area contributed by atoms with E-state index >= 15 is 0 Å². The van der Waals surface area contributed by atoms with Gasteiger partial charge in [0.1, 0.15) is 11.3 Å². The molecule has 2 fully saturated rings. The molecule has 7 nitrogen and oxygen atoms in total. The Morgan fingerprint density at radius 1 is 1.03 bits per heavy atom. The summed E-state index contributed by atoms with van der Waals surface area (Å²) in [6.07, 6.45) is 9.59. The van der Waals surface area contributed by atoms with Gasteiger partial charge in [-0.2, -0.15) is 0 Å². The van der Waals surface area contributed by atoms with Crippen molar-refractivity contribution >= 4 is 65.0 Å². The van der Waals surface area contributed by atoms with Crippen LogP contribution < -0.4 is 16.4 Å². The van der Waals surface area contributed by atoms with E-state index in [-0.39, 0.29) is 30.7 Å². The highest BCUT2D eigenvalue weighted by molar-refractivity contribution is 6.35. The Balaban J connectivity index is 0.00000162. The minimum Gasteiger partial charge on any atom is -0.364 e. The first-order valence-electron chi connectivity index (χ1n) is 11.5. The van der Waals surface area contributed by atoms with Crippen molar-refractivity contribution in [1.29, 1.82) is 0 Å². The molecule has 0 amide bonds. The molecule has 0 radical (unpaired) electrons. The normalized spacial score (nSPS) is 24.4. The zero-order valence-corrected chi connectivity index (χ0v) is 21.9. The molecule has 2 aliphatic rings. The fraction of sp³-hybridized carbons (Fsp3) is 0.522. The van der Waals surface area contributed by atoms with Crippen LogP contribution >= 0.6 is 48.0 Å². The lowest BCUT2D eigenvalue weighted by Crippen LogP contribution is -2.43. The van der Waals surface area contributed by atoms with Crippen LogP contribution in [0.1, 0.15) is 62.3 Å². The topological polar surface area (TPSA) is 105 Å². The largest absolute Gasteiger partial charge is 0.364 e. The smallest absolute Gasteiger partial charge is 0.183 e. The number of rotatable bonds is 6. The Bertz CT molecular complexity index is 1080. The lowest BCUT2D eigenvalue weighted by molar-refractivity contribution is 0.303. The molecule has 3 aromatic rings. The number of aromatic nitrogens is 4. The highest BCUT2D eigenvalue weighted by Gasteiger charge is 2.33. The maximum atomic E-state index is 6.35. The molecule has 186 valence electrons.